The first-order valence-electron chi connectivity index (χ1n) is 7.36. The Labute approximate surface area is 105 Å². The maximum absolute atomic E-state index is 5.89. The van der Waals surface area contributed by atoms with Crippen LogP contribution in [-0.4, -0.2) is 48.8 Å². The summed E-state index contributed by atoms with van der Waals surface area (Å²) in [4.78, 5) is 2.80. The smallest absolute Gasteiger partial charge is 0.0728 e. The molecule has 3 heteroatoms. The van der Waals surface area contributed by atoms with Gasteiger partial charge in [-0.3, -0.25) is 4.90 Å². The van der Waals surface area contributed by atoms with Gasteiger partial charge in [0, 0.05) is 30.8 Å². The number of fused-ring (bicyclic) bond motifs is 2. The second kappa shape index (κ2) is 4.87. The van der Waals surface area contributed by atoms with Gasteiger partial charge in [-0.1, -0.05) is 0 Å². The summed E-state index contributed by atoms with van der Waals surface area (Å²) in [7, 11) is 2.11. The summed E-state index contributed by atoms with van der Waals surface area (Å²) in [5.41, 5.74) is 0. The van der Waals surface area contributed by atoms with Gasteiger partial charge in [-0.15, -0.1) is 0 Å². The molecule has 3 aliphatic rings. The lowest BCUT2D eigenvalue weighted by Crippen LogP contribution is -2.54. The molecule has 0 radical (unpaired) electrons. The van der Waals surface area contributed by atoms with Crippen molar-refractivity contribution in [2.45, 2.75) is 75.7 Å². The van der Waals surface area contributed by atoms with Gasteiger partial charge in [0.2, 0.25) is 0 Å². The molecule has 3 heterocycles. The molecule has 3 rings (SSSR count). The molecule has 3 saturated heterocycles. The summed E-state index contributed by atoms with van der Waals surface area (Å²) < 4.78 is 5.89. The monoisotopic (exact) mass is 238 g/mol. The van der Waals surface area contributed by atoms with Crippen LogP contribution in [0.25, 0.3) is 0 Å². The molecule has 2 bridgehead atoms. The Morgan fingerprint density at radius 2 is 1.88 bits per heavy atom. The molecule has 3 aliphatic heterocycles. The first-order chi connectivity index (χ1) is 8.29. The molecule has 3 fully saturated rings. The van der Waals surface area contributed by atoms with Gasteiger partial charge in [0.25, 0.3) is 0 Å². The molecule has 98 valence electrons. The summed E-state index contributed by atoms with van der Waals surface area (Å²) in [6, 6.07) is 3.00. The van der Waals surface area contributed by atoms with Gasteiger partial charge in [-0.25, -0.2) is 0 Å². The summed E-state index contributed by atoms with van der Waals surface area (Å²) in [5, 5.41) is 3.48. The molecule has 0 aromatic rings. The minimum Gasteiger partial charge on any atom is -0.377 e. The molecule has 0 amide bonds. The minimum absolute atomic E-state index is 0.504. The van der Waals surface area contributed by atoms with Crippen LogP contribution in [0.15, 0.2) is 0 Å². The van der Waals surface area contributed by atoms with Crippen molar-refractivity contribution in [3.63, 3.8) is 0 Å². The Morgan fingerprint density at radius 3 is 2.41 bits per heavy atom. The molecular weight excluding hydrogens is 212 g/mol. The van der Waals surface area contributed by atoms with Gasteiger partial charge in [-0.05, 0) is 52.5 Å². The average Bonchev–Trinajstić information content (AvgIpc) is 2.95. The van der Waals surface area contributed by atoms with Gasteiger partial charge in [0.15, 0.2) is 0 Å². The number of nitrogens with zero attached hydrogens (tertiary/aromatic N) is 1. The maximum atomic E-state index is 5.89. The molecule has 0 aromatic carbocycles. The fraction of sp³-hybridized carbons (Fsp3) is 1.00. The van der Waals surface area contributed by atoms with Crippen molar-refractivity contribution in [2.75, 3.05) is 13.7 Å². The molecule has 0 saturated carbocycles. The lowest BCUT2D eigenvalue weighted by molar-refractivity contribution is -0.00955. The van der Waals surface area contributed by atoms with Gasteiger partial charge in [0.05, 0.1) is 6.10 Å². The van der Waals surface area contributed by atoms with E-state index in [1.807, 2.05) is 0 Å². The summed E-state index contributed by atoms with van der Waals surface area (Å²) in [5.74, 6) is 0. The van der Waals surface area contributed by atoms with E-state index in [4.69, 9.17) is 4.74 Å². The third-order valence-corrected chi connectivity index (χ3v) is 5.17. The van der Waals surface area contributed by atoms with Crippen LogP contribution in [0.5, 0.6) is 0 Å². The third kappa shape index (κ3) is 2.13. The van der Waals surface area contributed by atoms with Crippen LogP contribution in [0.1, 0.15) is 45.4 Å². The number of nitrogens with one attached hydrogen (secondary N) is 1. The Bertz CT molecular complexity index is 251. The Kier molecular flexibility index (Phi) is 3.42. The third-order valence-electron chi connectivity index (χ3n) is 5.17. The van der Waals surface area contributed by atoms with Gasteiger partial charge in [-0.2, -0.15) is 0 Å². The molecule has 3 nitrogen and oxygen atoms in total. The Balaban J connectivity index is 1.67. The van der Waals surface area contributed by atoms with Crippen molar-refractivity contribution in [3.8, 4) is 0 Å². The molecule has 4 atom stereocenters. The zero-order valence-corrected chi connectivity index (χ0v) is 11.2. The number of ether oxygens (including phenoxy) is 1. The predicted octanol–water partition coefficient (Wildman–Crippen LogP) is 1.77. The zero-order valence-electron chi connectivity index (χ0n) is 11.2. The topological polar surface area (TPSA) is 24.5 Å². The zero-order chi connectivity index (χ0) is 11.8. The van der Waals surface area contributed by atoms with Crippen molar-refractivity contribution >= 4 is 0 Å². The van der Waals surface area contributed by atoms with Gasteiger partial charge < -0.3 is 10.1 Å². The van der Waals surface area contributed by atoms with E-state index in [0.717, 1.165) is 24.7 Å². The normalized spacial score (nSPS) is 44.1. The van der Waals surface area contributed by atoms with E-state index in [1.165, 1.54) is 38.5 Å². The van der Waals surface area contributed by atoms with Crippen molar-refractivity contribution in [1.82, 2.24) is 10.2 Å². The van der Waals surface area contributed by atoms with Crippen LogP contribution in [0.2, 0.25) is 0 Å². The highest BCUT2D eigenvalue weighted by Crippen LogP contribution is 2.39. The predicted molar refractivity (Wildman–Crippen MR) is 69.2 cm³/mol. The average molecular weight is 238 g/mol. The molecule has 0 aromatic heterocycles. The van der Waals surface area contributed by atoms with E-state index in [-0.39, 0.29) is 0 Å². The quantitative estimate of drug-likeness (QED) is 0.811. The minimum atomic E-state index is 0.504. The standard InChI is InChI=1S/C14H26N2O/c1-10(14-4-3-7-17-14)16-12-5-6-13(16)9-11(8-12)15-2/h10-15H,3-9H2,1-2H3. The number of hydrogen-bond donors (Lipinski definition) is 1. The van der Waals surface area contributed by atoms with Crippen molar-refractivity contribution in [3.05, 3.63) is 0 Å². The summed E-state index contributed by atoms with van der Waals surface area (Å²) in [6.07, 6.45) is 8.52. The van der Waals surface area contributed by atoms with Crippen molar-refractivity contribution in [1.29, 1.82) is 0 Å². The fourth-order valence-corrected chi connectivity index (χ4v) is 4.29. The van der Waals surface area contributed by atoms with E-state index in [1.54, 1.807) is 0 Å². The van der Waals surface area contributed by atoms with E-state index in [9.17, 15) is 0 Å². The molecule has 1 N–H and O–H groups in total. The van der Waals surface area contributed by atoms with Crippen LogP contribution >= 0.6 is 0 Å². The molecule has 0 spiro atoms. The first-order valence-corrected chi connectivity index (χ1v) is 7.36. The van der Waals surface area contributed by atoms with Crippen molar-refractivity contribution < 1.29 is 4.74 Å². The maximum Gasteiger partial charge on any atom is 0.0728 e. The van der Waals surface area contributed by atoms with E-state index in [2.05, 4.69) is 24.2 Å². The number of hydrogen-bond acceptors (Lipinski definition) is 3. The van der Waals surface area contributed by atoms with Crippen LogP contribution in [-0.2, 0) is 4.74 Å². The Hall–Kier alpha value is -0.120. The molecule has 17 heavy (non-hydrogen) atoms. The molecular formula is C14H26N2O. The highest BCUT2D eigenvalue weighted by atomic mass is 16.5. The molecule has 4 unspecified atom stereocenters. The molecule has 0 aliphatic carbocycles. The Morgan fingerprint density at radius 1 is 1.18 bits per heavy atom. The van der Waals surface area contributed by atoms with Gasteiger partial charge in [0.1, 0.15) is 0 Å². The van der Waals surface area contributed by atoms with Crippen LogP contribution in [0.4, 0.5) is 0 Å². The summed E-state index contributed by atoms with van der Waals surface area (Å²) in [6.45, 7) is 3.37. The number of rotatable bonds is 3. The number of piperidine rings is 1. The first kappa shape index (κ1) is 11.9. The van der Waals surface area contributed by atoms with Gasteiger partial charge >= 0.3 is 0 Å². The second-order valence-corrected chi connectivity index (χ2v) is 6.08. The lowest BCUT2D eigenvalue weighted by atomic mass is 9.94. The van der Waals surface area contributed by atoms with E-state index < -0.39 is 0 Å². The SMILES string of the molecule is CNC1CC2CCC(C1)N2C(C)C1CCCO1. The largest absolute Gasteiger partial charge is 0.377 e. The van der Waals surface area contributed by atoms with E-state index in [0.29, 0.717) is 12.1 Å². The second-order valence-electron chi connectivity index (χ2n) is 6.08. The van der Waals surface area contributed by atoms with Crippen LogP contribution in [0, 0.1) is 0 Å². The lowest BCUT2D eigenvalue weighted by Gasteiger charge is -2.44. The fourth-order valence-electron chi connectivity index (χ4n) is 4.29. The van der Waals surface area contributed by atoms with E-state index >= 15 is 0 Å². The summed E-state index contributed by atoms with van der Waals surface area (Å²) >= 11 is 0. The van der Waals surface area contributed by atoms with Crippen LogP contribution < -0.4 is 5.32 Å². The van der Waals surface area contributed by atoms with Crippen LogP contribution in [0.3, 0.4) is 0 Å². The highest BCUT2D eigenvalue weighted by Gasteiger charge is 2.44. The van der Waals surface area contributed by atoms with Crippen molar-refractivity contribution in [2.24, 2.45) is 0 Å². The highest BCUT2D eigenvalue weighted by molar-refractivity contribution is 5.00.